The molecule has 0 aliphatic heterocycles. The van der Waals surface area contributed by atoms with Crippen molar-refractivity contribution >= 4 is 12.0 Å². The van der Waals surface area contributed by atoms with Crippen molar-refractivity contribution < 1.29 is 27.8 Å². The summed E-state index contributed by atoms with van der Waals surface area (Å²) in [7, 11) is 1.61. The zero-order valence-corrected chi connectivity index (χ0v) is 15.8. The number of alkyl halides is 2. The van der Waals surface area contributed by atoms with Gasteiger partial charge in [0, 0.05) is 12.6 Å². The van der Waals surface area contributed by atoms with Gasteiger partial charge in [-0.3, -0.25) is 4.79 Å². The van der Waals surface area contributed by atoms with Crippen LogP contribution in [0.1, 0.15) is 18.1 Å². The van der Waals surface area contributed by atoms with Gasteiger partial charge in [0.25, 0.3) is 0 Å². The van der Waals surface area contributed by atoms with Gasteiger partial charge < -0.3 is 19.5 Å². The Kier molecular flexibility index (Phi) is 8.27. The number of benzene rings is 2. The predicted molar refractivity (Wildman–Crippen MR) is 103 cm³/mol. The van der Waals surface area contributed by atoms with Crippen molar-refractivity contribution in [1.29, 1.82) is 0 Å². The molecule has 2 rings (SSSR count). The fourth-order valence-corrected chi connectivity index (χ4v) is 2.44. The van der Waals surface area contributed by atoms with Crippen molar-refractivity contribution in [2.24, 2.45) is 0 Å². The molecule has 2 aromatic rings. The van der Waals surface area contributed by atoms with Crippen molar-refractivity contribution in [3.05, 3.63) is 59.7 Å². The number of halogens is 2. The molecule has 0 aliphatic rings. The van der Waals surface area contributed by atoms with Crippen LogP contribution in [0.3, 0.4) is 0 Å². The molecular formula is C21H23F2NO4. The van der Waals surface area contributed by atoms with Gasteiger partial charge in [-0.2, -0.15) is 8.78 Å². The van der Waals surface area contributed by atoms with Crippen LogP contribution in [0.4, 0.5) is 8.78 Å². The Hall–Kier alpha value is -3.09. The number of amides is 1. The third-order valence-corrected chi connectivity index (χ3v) is 3.78. The van der Waals surface area contributed by atoms with Gasteiger partial charge >= 0.3 is 6.61 Å². The van der Waals surface area contributed by atoms with Gasteiger partial charge in [-0.1, -0.05) is 18.2 Å². The second-order valence-electron chi connectivity index (χ2n) is 5.74. The first-order chi connectivity index (χ1) is 13.5. The van der Waals surface area contributed by atoms with Crippen LogP contribution >= 0.6 is 0 Å². The van der Waals surface area contributed by atoms with Gasteiger partial charge in [0.1, 0.15) is 5.75 Å². The lowest BCUT2D eigenvalue weighted by atomic mass is 10.1. The maximum atomic E-state index is 12.4. The van der Waals surface area contributed by atoms with E-state index in [1.165, 1.54) is 12.1 Å². The van der Waals surface area contributed by atoms with Crippen LogP contribution in [0.25, 0.3) is 6.08 Å². The van der Waals surface area contributed by atoms with E-state index in [1.807, 2.05) is 24.3 Å². The smallest absolute Gasteiger partial charge is 0.387 e. The predicted octanol–water partition coefficient (Wildman–Crippen LogP) is 4.07. The molecule has 0 saturated heterocycles. The van der Waals surface area contributed by atoms with Crippen molar-refractivity contribution in [3.63, 3.8) is 0 Å². The molecule has 0 aliphatic carbocycles. The Morgan fingerprint density at radius 2 is 1.89 bits per heavy atom. The summed E-state index contributed by atoms with van der Waals surface area (Å²) in [5.74, 6) is 0.689. The van der Waals surface area contributed by atoms with Gasteiger partial charge in [0.2, 0.25) is 5.91 Å². The van der Waals surface area contributed by atoms with Gasteiger partial charge in [-0.25, -0.2) is 0 Å². The Balaban J connectivity index is 1.88. The highest BCUT2D eigenvalue weighted by Gasteiger charge is 2.11. The second-order valence-corrected chi connectivity index (χ2v) is 5.74. The first kappa shape index (κ1) is 21.2. The summed E-state index contributed by atoms with van der Waals surface area (Å²) in [6, 6.07) is 12.1. The topological polar surface area (TPSA) is 56.8 Å². The zero-order valence-electron chi connectivity index (χ0n) is 15.8. The lowest BCUT2D eigenvalue weighted by molar-refractivity contribution is -0.116. The molecule has 0 spiro atoms. The highest BCUT2D eigenvalue weighted by atomic mass is 19.3. The summed E-state index contributed by atoms with van der Waals surface area (Å²) in [5.41, 5.74) is 1.72. The molecule has 0 radical (unpaired) electrons. The van der Waals surface area contributed by atoms with Crippen LogP contribution in [0, 0.1) is 0 Å². The van der Waals surface area contributed by atoms with Crippen LogP contribution in [-0.2, 0) is 11.2 Å². The lowest BCUT2D eigenvalue weighted by Gasteiger charge is -2.11. The van der Waals surface area contributed by atoms with E-state index >= 15 is 0 Å². The molecule has 0 unspecified atom stereocenters. The molecule has 0 aromatic heterocycles. The van der Waals surface area contributed by atoms with E-state index in [1.54, 1.807) is 32.2 Å². The molecular weight excluding hydrogens is 368 g/mol. The summed E-state index contributed by atoms with van der Waals surface area (Å²) in [6.45, 7) is -0.401. The SMILES string of the molecule is CCOc1cc(/C=C/C(=O)NCCc2ccc(OC)cc2)ccc1OC(F)F. The van der Waals surface area contributed by atoms with E-state index in [0.29, 0.717) is 25.1 Å². The van der Waals surface area contributed by atoms with Gasteiger partial charge in [0.15, 0.2) is 11.5 Å². The first-order valence-electron chi connectivity index (χ1n) is 8.82. The summed E-state index contributed by atoms with van der Waals surface area (Å²) < 4.78 is 39.7. The lowest BCUT2D eigenvalue weighted by Crippen LogP contribution is -2.23. The molecule has 0 heterocycles. The van der Waals surface area contributed by atoms with E-state index in [0.717, 1.165) is 11.3 Å². The molecule has 7 heteroatoms. The van der Waals surface area contributed by atoms with Crippen molar-refractivity contribution in [2.45, 2.75) is 20.0 Å². The Morgan fingerprint density at radius 3 is 2.54 bits per heavy atom. The minimum absolute atomic E-state index is 0.0436. The second kappa shape index (κ2) is 10.9. The van der Waals surface area contributed by atoms with Gasteiger partial charge in [-0.05, 0) is 54.8 Å². The average Bonchev–Trinajstić information content (AvgIpc) is 2.68. The van der Waals surface area contributed by atoms with Crippen molar-refractivity contribution in [3.8, 4) is 17.2 Å². The van der Waals surface area contributed by atoms with Gasteiger partial charge in [-0.15, -0.1) is 0 Å². The fraction of sp³-hybridized carbons (Fsp3) is 0.286. The molecule has 0 fully saturated rings. The molecule has 1 N–H and O–H groups in total. The third kappa shape index (κ3) is 6.90. The highest BCUT2D eigenvalue weighted by molar-refractivity contribution is 5.91. The maximum absolute atomic E-state index is 12.4. The fourth-order valence-electron chi connectivity index (χ4n) is 2.44. The minimum Gasteiger partial charge on any atom is -0.497 e. The maximum Gasteiger partial charge on any atom is 0.387 e. The molecule has 2 aromatic carbocycles. The summed E-state index contributed by atoms with van der Waals surface area (Å²) >= 11 is 0. The van der Waals surface area contributed by atoms with E-state index < -0.39 is 6.61 Å². The largest absolute Gasteiger partial charge is 0.497 e. The molecule has 5 nitrogen and oxygen atoms in total. The van der Waals surface area contributed by atoms with Crippen LogP contribution in [0.5, 0.6) is 17.2 Å². The number of nitrogens with one attached hydrogen (secondary N) is 1. The summed E-state index contributed by atoms with van der Waals surface area (Å²) in [5, 5.41) is 2.80. The summed E-state index contributed by atoms with van der Waals surface area (Å²) in [6.07, 6.45) is 3.65. The Labute approximate surface area is 162 Å². The number of hydrogen-bond donors (Lipinski definition) is 1. The van der Waals surface area contributed by atoms with E-state index in [2.05, 4.69) is 10.1 Å². The number of methoxy groups -OCH3 is 1. The van der Waals surface area contributed by atoms with E-state index in [4.69, 9.17) is 9.47 Å². The highest BCUT2D eigenvalue weighted by Crippen LogP contribution is 2.30. The normalized spacial score (nSPS) is 10.9. The zero-order chi connectivity index (χ0) is 20.4. The van der Waals surface area contributed by atoms with Crippen LogP contribution in [0.15, 0.2) is 48.5 Å². The molecule has 0 bridgehead atoms. The number of carbonyl (C=O) groups excluding carboxylic acids is 1. The summed E-state index contributed by atoms with van der Waals surface area (Å²) in [4.78, 5) is 12.0. The third-order valence-electron chi connectivity index (χ3n) is 3.78. The van der Waals surface area contributed by atoms with E-state index in [-0.39, 0.29) is 17.4 Å². The van der Waals surface area contributed by atoms with Crippen LogP contribution in [0.2, 0.25) is 0 Å². The van der Waals surface area contributed by atoms with Crippen LogP contribution < -0.4 is 19.5 Å². The quantitative estimate of drug-likeness (QED) is 0.621. The molecule has 28 heavy (non-hydrogen) atoms. The van der Waals surface area contributed by atoms with Crippen molar-refractivity contribution in [1.82, 2.24) is 5.32 Å². The average molecular weight is 391 g/mol. The van der Waals surface area contributed by atoms with E-state index in [9.17, 15) is 13.6 Å². The molecule has 0 atom stereocenters. The number of rotatable bonds is 10. The minimum atomic E-state index is -2.93. The Bertz CT molecular complexity index is 791. The Morgan fingerprint density at radius 1 is 1.14 bits per heavy atom. The molecule has 1 amide bonds. The number of carbonyl (C=O) groups is 1. The number of hydrogen-bond acceptors (Lipinski definition) is 4. The molecule has 150 valence electrons. The number of ether oxygens (including phenoxy) is 3. The first-order valence-corrected chi connectivity index (χ1v) is 8.82. The van der Waals surface area contributed by atoms with Gasteiger partial charge in [0.05, 0.1) is 13.7 Å². The monoisotopic (exact) mass is 391 g/mol. The van der Waals surface area contributed by atoms with Crippen molar-refractivity contribution in [2.75, 3.05) is 20.3 Å². The molecule has 0 saturated carbocycles. The van der Waals surface area contributed by atoms with Crippen LogP contribution in [-0.4, -0.2) is 32.8 Å². The standard InChI is InChI=1S/C21H23F2NO4/c1-3-27-19-14-16(6-10-18(19)28-21(22)23)7-11-20(25)24-13-12-15-4-8-17(26-2)9-5-15/h4-11,14,21H,3,12-13H2,1-2H3,(H,24,25)/b11-7+.